The molecule has 1 fully saturated rings. The molecule has 1 saturated heterocycles. The molecule has 1 aliphatic heterocycles. The molecule has 0 N–H and O–H groups in total. The summed E-state index contributed by atoms with van der Waals surface area (Å²) in [5.41, 5.74) is 0. The van der Waals surface area contributed by atoms with Crippen LogP contribution in [0.5, 0.6) is 0 Å². The van der Waals surface area contributed by atoms with Gasteiger partial charge in [0.05, 0.1) is 12.7 Å². The van der Waals surface area contributed by atoms with E-state index in [-0.39, 0.29) is 0 Å². The lowest BCUT2D eigenvalue weighted by Gasteiger charge is -2.16. The second-order valence-electron chi connectivity index (χ2n) is 3.14. The first-order valence-corrected chi connectivity index (χ1v) is 5.00. The maximum absolute atomic E-state index is 5.26. The third-order valence-corrected chi connectivity index (χ3v) is 2.34. The van der Waals surface area contributed by atoms with Crippen molar-refractivity contribution in [2.75, 3.05) is 34.4 Å². The molecule has 0 amide bonds. The predicted octanol–water partition coefficient (Wildman–Crippen LogP) is 1.38. The summed E-state index contributed by atoms with van der Waals surface area (Å²) in [7, 11) is 5.63. The van der Waals surface area contributed by atoms with Crippen molar-refractivity contribution in [3.63, 3.8) is 0 Å². The van der Waals surface area contributed by atoms with Gasteiger partial charge in [-0.1, -0.05) is 13.8 Å². The van der Waals surface area contributed by atoms with Gasteiger partial charge in [-0.3, -0.25) is 4.90 Å². The number of hydrogen-bond acceptors (Lipinski definition) is 3. The van der Waals surface area contributed by atoms with Gasteiger partial charge in [0.25, 0.3) is 0 Å². The van der Waals surface area contributed by atoms with E-state index in [4.69, 9.17) is 9.47 Å². The monoisotopic (exact) mass is 189 g/mol. The molecule has 0 bridgehead atoms. The largest absolute Gasteiger partial charge is 0.383 e. The van der Waals surface area contributed by atoms with Crippen LogP contribution in [0, 0.1) is 0 Å². The van der Waals surface area contributed by atoms with Gasteiger partial charge in [0.15, 0.2) is 0 Å². The lowest BCUT2D eigenvalue weighted by Crippen LogP contribution is -2.28. The first-order valence-electron chi connectivity index (χ1n) is 5.00. The molecule has 0 aromatic heterocycles. The summed E-state index contributed by atoms with van der Waals surface area (Å²) >= 11 is 0. The quantitative estimate of drug-likeness (QED) is 0.669. The maximum Gasteiger partial charge on any atom is 0.0714 e. The predicted molar refractivity (Wildman–Crippen MR) is 55.1 cm³/mol. The Morgan fingerprint density at radius 2 is 1.92 bits per heavy atom. The van der Waals surface area contributed by atoms with Gasteiger partial charge >= 0.3 is 0 Å². The number of nitrogens with zero attached hydrogens (tertiary/aromatic N) is 1. The fourth-order valence-corrected chi connectivity index (χ4v) is 1.59. The van der Waals surface area contributed by atoms with E-state index in [9.17, 15) is 0 Å². The second-order valence-corrected chi connectivity index (χ2v) is 3.14. The molecule has 80 valence electrons. The van der Waals surface area contributed by atoms with Crippen LogP contribution >= 0.6 is 0 Å². The molecule has 0 aromatic rings. The van der Waals surface area contributed by atoms with Crippen LogP contribution in [0.25, 0.3) is 0 Å². The number of likely N-dealkylation sites (tertiary alicyclic amines) is 1. The second kappa shape index (κ2) is 7.30. The Labute approximate surface area is 82.0 Å². The van der Waals surface area contributed by atoms with E-state index in [2.05, 4.69) is 11.9 Å². The minimum absolute atomic E-state index is 0.403. The SMILES string of the molecule is CC.COCC1CC(OC)CN1C. The van der Waals surface area contributed by atoms with Crippen molar-refractivity contribution in [1.29, 1.82) is 0 Å². The van der Waals surface area contributed by atoms with E-state index >= 15 is 0 Å². The Hall–Kier alpha value is -0.120. The summed E-state index contributed by atoms with van der Waals surface area (Å²) < 4.78 is 10.4. The highest BCUT2D eigenvalue weighted by molar-refractivity contribution is 4.83. The molecule has 0 aliphatic carbocycles. The van der Waals surface area contributed by atoms with E-state index < -0.39 is 0 Å². The van der Waals surface area contributed by atoms with Gasteiger partial charge in [-0.2, -0.15) is 0 Å². The van der Waals surface area contributed by atoms with Crippen molar-refractivity contribution in [1.82, 2.24) is 4.90 Å². The molecule has 2 unspecified atom stereocenters. The summed E-state index contributed by atoms with van der Waals surface area (Å²) in [4.78, 5) is 2.29. The normalized spacial score (nSPS) is 28.4. The molecule has 0 spiro atoms. The number of ether oxygens (including phenoxy) is 2. The smallest absolute Gasteiger partial charge is 0.0714 e. The fourth-order valence-electron chi connectivity index (χ4n) is 1.59. The third-order valence-electron chi connectivity index (χ3n) is 2.34. The zero-order valence-corrected chi connectivity index (χ0v) is 9.54. The number of methoxy groups -OCH3 is 2. The van der Waals surface area contributed by atoms with Crippen LogP contribution in [-0.2, 0) is 9.47 Å². The highest BCUT2D eigenvalue weighted by Crippen LogP contribution is 2.17. The summed E-state index contributed by atoms with van der Waals surface area (Å²) in [6.07, 6.45) is 1.50. The third kappa shape index (κ3) is 4.07. The van der Waals surface area contributed by atoms with Crippen molar-refractivity contribution < 1.29 is 9.47 Å². The zero-order valence-electron chi connectivity index (χ0n) is 9.54. The molecule has 13 heavy (non-hydrogen) atoms. The topological polar surface area (TPSA) is 21.7 Å². The van der Waals surface area contributed by atoms with Gasteiger partial charge in [0, 0.05) is 26.8 Å². The molecule has 0 saturated carbocycles. The van der Waals surface area contributed by atoms with Gasteiger partial charge in [-0.25, -0.2) is 0 Å². The summed E-state index contributed by atoms with van der Waals surface area (Å²) in [5, 5.41) is 0. The van der Waals surface area contributed by atoms with Gasteiger partial charge in [0.1, 0.15) is 0 Å². The van der Waals surface area contributed by atoms with Crippen molar-refractivity contribution in [3.8, 4) is 0 Å². The van der Waals surface area contributed by atoms with Crippen molar-refractivity contribution in [2.24, 2.45) is 0 Å². The Morgan fingerprint density at radius 1 is 1.31 bits per heavy atom. The van der Waals surface area contributed by atoms with Crippen LogP contribution < -0.4 is 0 Å². The van der Waals surface area contributed by atoms with Crippen molar-refractivity contribution in [3.05, 3.63) is 0 Å². The average Bonchev–Trinajstić information content (AvgIpc) is 2.52. The fraction of sp³-hybridized carbons (Fsp3) is 1.00. The van der Waals surface area contributed by atoms with E-state index in [0.717, 1.165) is 19.6 Å². The van der Waals surface area contributed by atoms with Crippen LogP contribution in [0.2, 0.25) is 0 Å². The Kier molecular flexibility index (Phi) is 7.23. The molecule has 0 radical (unpaired) electrons. The molecule has 1 heterocycles. The van der Waals surface area contributed by atoms with E-state index in [1.54, 1.807) is 14.2 Å². The number of hydrogen-bond donors (Lipinski definition) is 0. The van der Waals surface area contributed by atoms with Crippen LogP contribution in [0.1, 0.15) is 20.3 Å². The summed E-state index contributed by atoms with van der Waals surface area (Å²) in [6, 6.07) is 0.546. The molecule has 1 rings (SSSR count). The van der Waals surface area contributed by atoms with Crippen LogP contribution in [-0.4, -0.2) is 51.5 Å². The lowest BCUT2D eigenvalue weighted by atomic mass is 10.2. The van der Waals surface area contributed by atoms with Crippen LogP contribution in [0.4, 0.5) is 0 Å². The molecule has 1 aliphatic rings. The molecule has 3 heteroatoms. The van der Waals surface area contributed by atoms with Crippen LogP contribution in [0.3, 0.4) is 0 Å². The molecule has 2 atom stereocenters. The van der Waals surface area contributed by atoms with E-state index in [0.29, 0.717) is 12.1 Å². The van der Waals surface area contributed by atoms with E-state index in [1.807, 2.05) is 13.8 Å². The first kappa shape index (κ1) is 12.9. The standard InChI is InChI=1S/C8H17NO2.C2H6/c1-9-5-8(11-3)4-7(9)6-10-2;1-2/h7-8H,4-6H2,1-3H3;1-2H3. The minimum Gasteiger partial charge on any atom is -0.383 e. The summed E-state index contributed by atoms with van der Waals surface area (Å²) in [6.45, 7) is 5.85. The first-order chi connectivity index (χ1) is 6.27. The minimum atomic E-state index is 0.403. The summed E-state index contributed by atoms with van der Waals surface area (Å²) in [5.74, 6) is 0. The molecule has 0 aromatic carbocycles. The Balaban J connectivity index is 0.000000671. The number of rotatable bonds is 3. The molecular formula is C10H23NO2. The zero-order chi connectivity index (χ0) is 10.3. The average molecular weight is 189 g/mol. The van der Waals surface area contributed by atoms with Crippen molar-refractivity contribution >= 4 is 0 Å². The molecule has 3 nitrogen and oxygen atoms in total. The van der Waals surface area contributed by atoms with Crippen molar-refractivity contribution in [2.45, 2.75) is 32.4 Å². The van der Waals surface area contributed by atoms with Gasteiger partial charge < -0.3 is 9.47 Å². The van der Waals surface area contributed by atoms with Crippen LogP contribution in [0.15, 0.2) is 0 Å². The van der Waals surface area contributed by atoms with Gasteiger partial charge in [-0.15, -0.1) is 0 Å². The lowest BCUT2D eigenvalue weighted by molar-refractivity contribution is 0.110. The van der Waals surface area contributed by atoms with Gasteiger partial charge in [-0.05, 0) is 13.5 Å². The number of likely N-dealkylation sites (N-methyl/N-ethyl adjacent to an activating group) is 1. The van der Waals surface area contributed by atoms with E-state index in [1.165, 1.54) is 0 Å². The van der Waals surface area contributed by atoms with Gasteiger partial charge in [0.2, 0.25) is 0 Å². The Bertz CT molecular complexity index is 119. The Morgan fingerprint density at radius 3 is 2.31 bits per heavy atom. The highest BCUT2D eigenvalue weighted by atomic mass is 16.5. The maximum atomic E-state index is 5.26. The highest BCUT2D eigenvalue weighted by Gasteiger charge is 2.28. The molecular weight excluding hydrogens is 166 g/mol.